The van der Waals surface area contributed by atoms with Gasteiger partial charge in [-0.05, 0) is 60.7 Å². The molecule has 0 spiro atoms. The molecule has 2 aromatic carbocycles. The van der Waals surface area contributed by atoms with Crippen molar-refractivity contribution in [2.24, 2.45) is 0 Å². The van der Waals surface area contributed by atoms with Crippen molar-refractivity contribution in [3.8, 4) is 5.75 Å². The molecule has 35 heavy (non-hydrogen) atoms. The van der Waals surface area contributed by atoms with Gasteiger partial charge in [0.1, 0.15) is 12.4 Å². The van der Waals surface area contributed by atoms with Crippen LogP contribution in [0.15, 0.2) is 35.2 Å². The summed E-state index contributed by atoms with van der Waals surface area (Å²) in [6.07, 6.45) is 1.38. The maximum atomic E-state index is 13.3. The molecule has 184 valence electrons. The molecule has 0 bridgehead atoms. The Morgan fingerprint density at radius 2 is 1.80 bits per heavy atom. The molecule has 0 aliphatic carbocycles. The number of nitrogens with zero attached hydrogens (tertiary/aromatic N) is 1. The van der Waals surface area contributed by atoms with E-state index >= 15 is 0 Å². The topological polar surface area (TPSA) is 102 Å². The summed E-state index contributed by atoms with van der Waals surface area (Å²) in [5.74, 6) is -2.56. The number of nitrogens with one attached hydrogen (secondary N) is 1. The third kappa shape index (κ3) is 6.88. The van der Waals surface area contributed by atoms with Crippen molar-refractivity contribution in [2.75, 3.05) is 25.1 Å². The molecular weight excluding hydrogens is 546 g/mol. The smallest absolute Gasteiger partial charge is 0.344 e. The minimum absolute atomic E-state index is 0.0416. The van der Waals surface area contributed by atoms with Crippen LogP contribution in [0.3, 0.4) is 0 Å². The average molecular weight is 562 g/mol. The summed E-state index contributed by atoms with van der Waals surface area (Å²) in [4.78, 5) is 49.6. The molecule has 2 aromatic rings. The van der Waals surface area contributed by atoms with Gasteiger partial charge in [0, 0.05) is 5.69 Å². The van der Waals surface area contributed by atoms with E-state index in [1.807, 2.05) is 0 Å². The van der Waals surface area contributed by atoms with Gasteiger partial charge < -0.3 is 14.8 Å². The Morgan fingerprint density at radius 3 is 2.43 bits per heavy atom. The molecule has 3 rings (SSSR count). The zero-order valence-electron chi connectivity index (χ0n) is 17.9. The monoisotopic (exact) mass is 560 g/mol. The van der Waals surface area contributed by atoms with Crippen LogP contribution in [0.25, 0.3) is 6.08 Å². The highest BCUT2D eigenvalue weighted by Crippen LogP contribution is 2.37. The lowest BCUT2D eigenvalue weighted by molar-refractivity contribution is -0.145. The number of halogens is 4. The Hall–Kier alpha value is -2.79. The van der Waals surface area contributed by atoms with Crippen molar-refractivity contribution < 1.29 is 33.0 Å². The predicted molar refractivity (Wildman–Crippen MR) is 131 cm³/mol. The lowest BCUT2D eigenvalue weighted by Gasteiger charge is -2.12. The number of imide groups is 1. The minimum Gasteiger partial charge on any atom is -0.479 e. The number of amides is 3. The maximum Gasteiger partial charge on any atom is 0.344 e. The Bertz CT molecular complexity index is 1220. The summed E-state index contributed by atoms with van der Waals surface area (Å²) in [7, 11) is 0. The van der Waals surface area contributed by atoms with Crippen LogP contribution in [-0.2, 0) is 19.1 Å². The van der Waals surface area contributed by atoms with Crippen LogP contribution in [0.2, 0.25) is 15.1 Å². The number of anilines is 1. The van der Waals surface area contributed by atoms with Crippen molar-refractivity contribution in [3.63, 3.8) is 0 Å². The van der Waals surface area contributed by atoms with Gasteiger partial charge in [-0.25, -0.2) is 9.18 Å². The zero-order valence-corrected chi connectivity index (χ0v) is 21.0. The molecule has 1 heterocycles. The van der Waals surface area contributed by atoms with E-state index in [2.05, 4.69) is 5.32 Å². The van der Waals surface area contributed by atoms with Crippen molar-refractivity contribution >= 4 is 81.4 Å². The molecule has 0 aromatic heterocycles. The highest BCUT2D eigenvalue weighted by molar-refractivity contribution is 8.18. The molecule has 1 fully saturated rings. The summed E-state index contributed by atoms with van der Waals surface area (Å²) in [5.41, 5.74) is 0.595. The minimum atomic E-state index is -0.692. The number of hydrogen-bond acceptors (Lipinski definition) is 7. The van der Waals surface area contributed by atoms with Gasteiger partial charge in [-0.2, -0.15) is 0 Å². The van der Waals surface area contributed by atoms with Crippen molar-refractivity contribution in [1.82, 2.24) is 4.90 Å². The van der Waals surface area contributed by atoms with Gasteiger partial charge in [-0.1, -0.05) is 34.8 Å². The van der Waals surface area contributed by atoms with Gasteiger partial charge in [0.05, 0.1) is 26.6 Å². The molecule has 3 amide bonds. The second-order valence-corrected chi connectivity index (χ2v) is 9.07. The summed E-state index contributed by atoms with van der Waals surface area (Å²) >= 11 is 18.7. The van der Waals surface area contributed by atoms with Crippen molar-refractivity contribution in [1.29, 1.82) is 0 Å². The number of rotatable bonds is 8. The number of benzene rings is 2. The number of thioether (sulfide) groups is 1. The number of hydrogen-bond donors (Lipinski definition) is 1. The van der Waals surface area contributed by atoms with Crippen LogP contribution in [0.4, 0.5) is 14.9 Å². The molecule has 13 heteroatoms. The molecule has 0 unspecified atom stereocenters. The van der Waals surface area contributed by atoms with Gasteiger partial charge in [-0.15, -0.1) is 0 Å². The fourth-order valence-electron chi connectivity index (χ4n) is 2.84. The summed E-state index contributed by atoms with van der Waals surface area (Å²) < 4.78 is 23.3. The van der Waals surface area contributed by atoms with Crippen LogP contribution in [0, 0.1) is 5.82 Å². The molecule has 1 aliphatic heterocycles. The molecule has 1 aliphatic rings. The first-order valence-electron chi connectivity index (χ1n) is 9.86. The average Bonchev–Trinajstić information content (AvgIpc) is 3.03. The lowest BCUT2D eigenvalue weighted by Crippen LogP contribution is -2.36. The van der Waals surface area contributed by atoms with E-state index in [1.54, 1.807) is 6.92 Å². The SMILES string of the molecule is CCOC(=O)COc1c(Cl)cc(/C=C2\SC(=O)N(CC(=O)Nc3ccc(F)c(Cl)c3)C2=O)cc1Cl. The molecule has 0 atom stereocenters. The summed E-state index contributed by atoms with van der Waals surface area (Å²) in [6, 6.07) is 6.44. The van der Waals surface area contributed by atoms with Crippen LogP contribution < -0.4 is 10.1 Å². The molecule has 0 saturated carbocycles. The first-order chi connectivity index (χ1) is 16.6. The molecule has 0 radical (unpaired) electrons. The van der Waals surface area contributed by atoms with Gasteiger partial charge in [0.15, 0.2) is 12.4 Å². The first-order valence-corrected chi connectivity index (χ1v) is 11.8. The third-order valence-corrected chi connectivity index (χ3v) is 6.10. The van der Waals surface area contributed by atoms with E-state index in [0.717, 1.165) is 11.0 Å². The van der Waals surface area contributed by atoms with Crippen LogP contribution in [0.5, 0.6) is 5.75 Å². The first kappa shape index (κ1) is 26.8. The summed E-state index contributed by atoms with van der Waals surface area (Å²) in [6.45, 7) is 0.902. The Morgan fingerprint density at radius 1 is 1.11 bits per heavy atom. The standard InChI is InChI=1S/C22H16Cl3FN2O6S/c1-2-33-19(30)10-34-20-14(24)5-11(6-15(20)25)7-17-21(31)28(22(32)35-17)9-18(29)27-12-3-4-16(26)13(23)8-12/h3-8H,2,9-10H2,1H3,(H,27,29)/b17-7-. The fraction of sp³-hybridized carbons (Fsp3) is 0.182. The number of esters is 1. The van der Waals surface area contributed by atoms with E-state index in [1.165, 1.54) is 30.3 Å². The van der Waals surface area contributed by atoms with Crippen LogP contribution in [-0.4, -0.2) is 47.7 Å². The van der Waals surface area contributed by atoms with E-state index in [9.17, 15) is 23.6 Å². The van der Waals surface area contributed by atoms with Gasteiger partial charge in [0.25, 0.3) is 11.1 Å². The van der Waals surface area contributed by atoms with Gasteiger partial charge in [-0.3, -0.25) is 19.3 Å². The number of carbonyl (C=O) groups excluding carboxylic acids is 4. The molecule has 1 N–H and O–H groups in total. The van der Waals surface area contributed by atoms with Gasteiger partial charge in [0.2, 0.25) is 5.91 Å². The Kier molecular flexibility index (Phi) is 9.01. The van der Waals surface area contributed by atoms with E-state index < -0.39 is 42.0 Å². The maximum absolute atomic E-state index is 13.3. The number of ether oxygens (including phenoxy) is 2. The quantitative estimate of drug-likeness (QED) is 0.340. The molecule has 1 saturated heterocycles. The number of carbonyl (C=O) groups is 4. The second-order valence-electron chi connectivity index (χ2n) is 6.85. The molecular formula is C22H16Cl3FN2O6S. The Balaban J connectivity index is 1.69. The third-order valence-electron chi connectivity index (χ3n) is 4.34. The Labute approximate surface area is 218 Å². The molecule has 8 nitrogen and oxygen atoms in total. The fourth-order valence-corrected chi connectivity index (χ4v) is 4.47. The second kappa shape index (κ2) is 11.8. The van der Waals surface area contributed by atoms with E-state index in [4.69, 9.17) is 44.3 Å². The normalized spacial score (nSPS) is 14.4. The largest absolute Gasteiger partial charge is 0.479 e. The van der Waals surface area contributed by atoms with E-state index in [-0.39, 0.29) is 38.0 Å². The lowest BCUT2D eigenvalue weighted by atomic mass is 10.2. The summed E-state index contributed by atoms with van der Waals surface area (Å²) in [5, 5.41) is 1.75. The predicted octanol–water partition coefficient (Wildman–Crippen LogP) is 5.40. The van der Waals surface area contributed by atoms with Crippen LogP contribution >= 0.6 is 46.6 Å². The van der Waals surface area contributed by atoms with Crippen molar-refractivity contribution in [2.45, 2.75) is 6.92 Å². The highest BCUT2D eigenvalue weighted by Gasteiger charge is 2.36. The zero-order chi connectivity index (χ0) is 25.7. The van der Waals surface area contributed by atoms with Crippen molar-refractivity contribution in [3.05, 3.63) is 61.7 Å². The van der Waals surface area contributed by atoms with E-state index in [0.29, 0.717) is 17.3 Å². The van der Waals surface area contributed by atoms with Crippen LogP contribution in [0.1, 0.15) is 12.5 Å². The van der Waals surface area contributed by atoms with Gasteiger partial charge >= 0.3 is 5.97 Å². The highest BCUT2D eigenvalue weighted by atomic mass is 35.5.